The van der Waals surface area contributed by atoms with Crippen LogP contribution in [0.3, 0.4) is 0 Å². The highest BCUT2D eigenvalue weighted by Gasteiger charge is 2.24. The zero-order chi connectivity index (χ0) is 13.5. The van der Waals surface area contributed by atoms with Gasteiger partial charge in [0, 0.05) is 35.1 Å². The molecule has 0 saturated carbocycles. The highest BCUT2D eigenvalue weighted by atomic mass is 32.2. The highest BCUT2D eigenvalue weighted by molar-refractivity contribution is 8.00. The van der Waals surface area contributed by atoms with Crippen molar-refractivity contribution in [1.82, 2.24) is 4.57 Å². The lowest BCUT2D eigenvalue weighted by atomic mass is 9.92. The molecule has 0 radical (unpaired) electrons. The maximum absolute atomic E-state index is 6.22. The Hall–Kier alpha value is -1.19. The number of benzene rings is 1. The van der Waals surface area contributed by atoms with Gasteiger partial charge in [-0.3, -0.25) is 0 Å². The summed E-state index contributed by atoms with van der Waals surface area (Å²) in [6, 6.07) is 9.06. The van der Waals surface area contributed by atoms with Crippen molar-refractivity contribution >= 4 is 11.8 Å². The highest BCUT2D eigenvalue weighted by Crippen LogP contribution is 2.38. The zero-order valence-electron chi connectivity index (χ0n) is 11.6. The predicted molar refractivity (Wildman–Crippen MR) is 84.1 cm³/mol. The van der Waals surface area contributed by atoms with Crippen molar-refractivity contribution in [2.24, 2.45) is 5.73 Å². The Morgan fingerprint density at radius 2 is 2.10 bits per heavy atom. The third-order valence-corrected chi connectivity index (χ3v) is 5.79. The van der Waals surface area contributed by atoms with Gasteiger partial charge in [0.25, 0.3) is 0 Å². The van der Waals surface area contributed by atoms with Gasteiger partial charge in [0.2, 0.25) is 0 Å². The van der Waals surface area contributed by atoms with E-state index in [2.05, 4.69) is 41.2 Å². The van der Waals surface area contributed by atoms with E-state index in [4.69, 9.17) is 5.73 Å². The van der Waals surface area contributed by atoms with Gasteiger partial charge < -0.3 is 10.3 Å². The molecular formula is C17H20N2S. The molecule has 3 heteroatoms. The SMILES string of the molecule is NC1CCCc2cn(CC3Cc4ccccc4S3)cc21. The Morgan fingerprint density at radius 1 is 1.20 bits per heavy atom. The topological polar surface area (TPSA) is 30.9 Å². The Labute approximate surface area is 124 Å². The van der Waals surface area contributed by atoms with Crippen molar-refractivity contribution in [1.29, 1.82) is 0 Å². The zero-order valence-corrected chi connectivity index (χ0v) is 12.4. The molecule has 0 bridgehead atoms. The molecule has 2 N–H and O–H groups in total. The number of fused-ring (bicyclic) bond motifs is 2. The number of aryl methyl sites for hydroxylation is 1. The number of aromatic nitrogens is 1. The second-order valence-electron chi connectivity index (χ2n) is 5.99. The molecule has 1 aliphatic heterocycles. The molecule has 0 spiro atoms. The van der Waals surface area contributed by atoms with Crippen molar-refractivity contribution in [3.63, 3.8) is 0 Å². The minimum Gasteiger partial charge on any atom is -0.352 e. The third kappa shape index (κ3) is 2.19. The Morgan fingerprint density at radius 3 is 2.95 bits per heavy atom. The molecule has 2 unspecified atom stereocenters. The molecule has 0 amide bonds. The van der Waals surface area contributed by atoms with Gasteiger partial charge in [-0.15, -0.1) is 11.8 Å². The van der Waals surface area contributed by atoms with Crippen LogP contribution in [-0.2, 0) is 19.4 Å². The quantitative estimate of drug-likeness (QED) is 0.914. The molecule has 0 fully saturated rings. The lowest BCUT2D eigenvalue weighted by Crippen LogP contribution is -2.15. The van der Waals surface area contributed by atoms with Gasteiger partial charge in [-0.25, -0.2) is 0 Å². The molecule has 2 aliphatic rings. The second-order valence-corrected chi connectivity index (χ2v) is 7.33. The molecule has 20 heavy (non-hydrogen) atoms. The fourth-order valence-electron chi connectivity index (χ4n) is 3.48. The number of thioether (sulfide) groups is 1. The van der Waals surface area contributed by atoms with Crippen LogP contribution in [0.1, 0.15) is 35.6 Å². The van der Waals surface area contributed by atoms with Crippen molar-refractivity contribution < 1.29 is 0 Å². The number of nitrogens with zero attached hydrogens (tertiary/aromatic N) is 1. The summed E-state index contributed by atoms with van der Waals surface area (Å²) >= 11 is 2.03. The number of rotatable bonds is 2. The monoisotopic (exact) mass is 284 g/mol. The summed E-state index contributed by atoms with van der Waals surface area (Å²) in [6.07, 6.45) is 9.40. The van der Waals surface area contributed by atoms with E-state index in [0.717, 1.165) is 13.0 Å². The van der Waals surface area contributed by atoms with Gasteiger partial charge in [0.1, 0.15) is 0 Å². The van der Waals surface area contributed by atoms with Crippen LogP contribution in [0.25, 0.3) is 0 Å². The first kappa shape index (κ1) is 12.5. The molecule has 2 aromatic rings. The van der Waals surface area contributed by atoms with Gasteiger partial charge in [-0.05, 0) is 48.4 Å². The molecular weight excluding hydrogens is 264 g/mol. The molecule has 2 heterocycles. The Kier molecular flexibility index (Phi) is 3.12. The lowest BCUT2D eigenvalue weighted by molar-refractivity contribution is 0.573. The first-order chi connectivity index (χ1) is 9.79. The molecule has 1 aromatic heterocycles. The fourth-order valence-corrected chi connectivity index (χ4v) is 4.81. The van der Waals surface area contributed by atoms with Crippen molar-refractivity contribution in [2.75, 3.05) is 0 Å². The normalized spacial score (nSPS) is 24.4. The van der Waals surface area contributed by atoms with Gasteiger partial charge in [-0.2, -0.15) is 0 Å². The molecule has 1 aromatic carbocycles. The third-order valence-electron chi connectivity index (χ3n) is 4.49. The van der Waals surface area contributed by atoms with Gasteiger partial charge in [-0.1, -0.05) is 18.2 Å². The van der Waals surface area contributed by atoms with E-state index in [-0.39, 0.29) is 6.04 Å². The fraction of sp³-hybridized carbons (Fsp3) is 0.412. The van der Waals surface area contributed by atoms with Crippen molar-refractivity contribution in [3.8, 4) is 0 Å². The van der Waals surface area contributed by atoms with Crippen LogP contribution in [0.2, 0.25) is 0 Å². The van der Waals surface area contributed by atoms with Crippen LogP contribution in [0, 0.1) is 0 Å². The number of hydrogen-bond donors (Lipinski definition) is 1. The number of nitrogens with two attached hydrogens (primary N) is 1. The van der Waals surface area contributed by atoms with Crippen LogP contribution >= 0.6 is 11.8 Å². The minimum absolute atomic E-state index is 0.258. The van der Waals surface area contributed by atoms with Crippen molar-refractivity contribution in [2.45, 2.75) is 48.4 Å². The summed E-state index contributed by atoms with van der Waals surface area (Å²) in [7, 11) is 0. The average molecular weight is 284 g/mol. The van der Waals surface area contributed by atoms with Gasteiger partial charge in [0.05, 0.1) is 0 Å². The minimum atomic E-state index is 0.258. The summed E-state index contributed by atoms with van der Waals surface area (Å²) in [5.41, 5.74) is 10.6. The second kappa shape index (κ2) is 4.97. The van der Waals surface area contributed by atoms with Crippen molar-refractivity contribution in [3.05, 3.63) is 53.3 Å². The molecule has 0 saturated heterocycles. The smallest absolute Gasteiger partial charge is 0.0345 e. The molecule has 4 rings (SSSR count). The maximum atomic E-state index is 6.22. The summed E-state index contributed by atoms with van der Waals surface area (Å²) in [5, 5.41) is 0.664. The Bertz CT molecular complexity index is 607. The van der Waals surface area contributed by atoms with E-state index in [9.17, 15) is 0 Å². The van der Waals surface area contributed by atoms with E-state index < -0.39 is 0 Å². The number of hydrogen-bond acceptors (Lipinski definition) is 2. The standard InChI is InChI=1S/C17H20N2S/c18-16-6-3-5-13-9-19(11-15(13)16)10-14-8-12-4-1-2-7-17(12)20-14/h1-2,4,7,9,11,14,16H,3,5-6,8,10,18H2. The molecule has 1 aliphatic carbocycles. The van der Waals surface area contributed by atoms with E-state index in [0.29, 0.717) is 5.25 Å². The van der Waals surface area contributed by atoms with Crippen LogP contribution in [0.4, 0.5) is 0 Å². The van der Waals surface area contributed by atoms with E-state index >= 15 is 0 Å². The van der Waals surface area contributed by atoms with Crippen LogP contribution in [0.15, 0.2) is 41.6 Å². The summed E-state index contributed by atoms with van der Waals surface area (Å²) in [6.45, 7) is 1.10. The average Bonchev–Trinajstić information content (AvgIpc) is 3.02. The maximum Gasteiger partial charge on any atom is 0.0345 e. The Balaban J connectivity index is 1.51. The lowest BCUT2D eigenvalue weighted by Gasteiger charge is -2.17. The van der Waals surface area contributed by atoms with E-state index in [1.807, 2.05) is 11.8 Å². The molecule has 2 atom stereocenters. The van der Waals surface area contributed by atoms with E-state index in [1.165, 1.54) is 40.8 Å². The van der Waals surface area contributed by atoms with Crippen LogP contribution < -0.4 is 5.73 Å². The van der Waals surface area contributed by atoms with Gasteiger partial charge >= 0.3 is 0 Å². The van der Waals surface area contributed by atoms with E-state index in [1.54, 1.807) is 0 Å². The van der Waals surface area contributed by atoms with Crippen LogP contribution in [-0.4, -0.2) is 9.82 Å². The summed E-state index contributed by atoms with van der Waals surface area (Å²) in [5.74, 6) is 0. The predicted octanol–water partition coefficient (Wildman–Crippen LogP) is 3.54. The van der Waals surface area contributed by atoms with Crippen LogP contribution in [0.5, 0.6) is 0 Å². The van der Waals surface area contributed by atoms with Gasteiger partial charge in [0.15, 0.2) is 0 Å². The summed E-state index contributed by atoms with van der Waals surface area (Å²) < 4.78 is 2.37. The largest absolute Gasteiger partial charge is 0.352 e. The first-order valence-electron chi connectivity index (χ1n) is 7.48. The summed E-state index contributed by atoms with van der Waals surface area (Å²) in [4.78, 5) is 1.46. The molecule has 104 valence electrons. The molecule has 2 nitrogen and oxygen atoms in total. The first-order valence-corrected chi connectivity index (χ1v) is 8.36.